The molecule has 1 amide bonds. The number of fused-ring (bicyclic) bond motifs is 1. The zero-order valence-corrected chi connectivity index (χ0v) is 15.6. The summed E-state index contributed by atoms with van der Waals surface area (Å²) in [5.41, 5.74) is 1.05. The number of carbonyl (C=O) groups is 1. The molecular formula is C18H16N2O7S. The second-order valence-corrected chi connectivity index (χ2v) is 8.03. The van der Waals surface area contributed by atoms with E-state index in [1.807, 2.05) is 0 Å². The number of benzene rings is 2. The average molecular weight is 404 g/mol. The number of hydrogen-bond acceptors (Lipinski definition) is 7. The molecule has 0 atom stereocenters. The summed E-state index contributed by atoms with van der Waals surface area (Å²) in [6, 6.07) is 8.50. The largest absolute Gasteiger partial charge is 0.467 e. The molecule has 1 N–H and O–H groups in total. The fraction of sp³-hybridized carbons (Fsp3) is 0.167. The molecule has 1 aliphatic rings. The molecule has 0 bridgehead atoms. The molecule has 1 heterocycles. The van der Waals surface area contributed by atoms with E-state index in [-0.39, 0.29) is 24.0 Å². The highest BCUT2D eigenvalue weighted by molar-refractivity contribution is 7.90. The predicted molar refractivity (Wildman–Crippen MR) is 101 cm³/mol. The van der Waals surface area contributed by atoms with Crippen LogP contribution in [0.2, 0.25) is 0 Å². The topological polar surface area (TPSA) is 125 Å². The van der Waals surface area contributed by atoms with E-state index < -0.39 is 20.7 Å². The summed E-state index contributed by atoms with van der Waals surface area (Å²) in [4.78, 5) is 22.8. The Morgan fingerprint density at radius 3 is 2.79 bits per heavy atom. The third kappa shape index (κ3) is 4.53. The molecule has 10 heteroatoms. The van der Waals surface area contributed by atoms with Crippen LogP contribution < -0.4 is 10.1 Å². The van der Waals surface area contributed by atoms with Gasteiger partial charge in [0.25, 0.3) is 5.69 Å². The molecule has 2 aromatic rings. The minimum atomic E-state index is -3.40. The molecule has 0 spiro atoms. The van der Waals surface area contributed by atoms with Gasteiger partial charge < -0.3 is 14.8 Å². The van der Waals surface area contributed by atoms with Crippen molar-refractivity contribution in [1.82, 2.24) is 0 Å². The fourth-order valence-corrected chi connectivity index (χ4v) is 3.28. The molecule has 9 nitrogen and oxygen atoms in total. The molecular weight excluding hydrogens is 388 g/mol. The van der Waals surface area contributed by atoms with Gasteiger partial charge in [-0.05, 0) is 24.3 Å². The molecule has 0 unspecified atom stereocenters. The van der Waals surface area contributed by atoms with Gasteiger partial charge in [0.15, 0.2) is 16.6 Å². The number of carbonyl (C=O) groups excluding carboxylic acids is 1. The van der Waals surface area contributed by atoms with E-state index in [1.54, 1.807) is 6.07 Å². The van der Waals surface area contributed by atoms with Crippen LogP contribution in [0.1, 0.15) is 11.1 Å². The van der Waals surface area contributed by atoms with E-state index in [0.29, 0.717) is 22.6 Å². The minimum Gasteiger partial charge on any atom is -0.467 e. The van der Waals surface area contributed by atoms with Crippen molar-refractivity contribution in [3.8, 4) is 5.75 Å². The van der Waals surface area contributed by atoms with Gasteiger partial charge in [-0.2, -0.15) is 0 Å². The second kappa shape index (κ2) is 7.79. The van der Waals surface area contributed by atoms with Crippen molar-refractivity contribution in [1.29, 1.82) is 0 Å². The Kier molecular flexibility index (Phi) is 5.43. The molecule has 0 fully saturated rings. The quantitative estimate of drug-likeness (QED) is 0.461. The smallest absolute Gasteiger partial charge is 0.270 e. The number of rotatable bonds is 5. The van der Waals surface area contributed by atoms with E-state index >= 15 is 0 Å². The van der Waals surface area contributed by atoms with Crippen LogP contribution in [0.15, 0.2) is 47.4 Å². The lowest BCUT2D eigenvalue weighted by Gasteiger charge is -2.19. The number of amides is 1. The number of nitrogens with zero attached hydrogens (tertiary/aromatic N) is 1. The first-order valence-electron chi connectivity index (χ1n) is 8.05. The summed E-state index contributed by atoms with van der Waals surface area (Å²) in [6.45, 7) is 0.179. The summed E-state index contributed by atoms with van der Waals surface area (Å²) in [6.07, 6.45) is 3.65. The van der Waals surface area contributed by atoms with Crippen LogP contribution in [-0.2, 0) is 26.0 Å². The molecule has 0 aliphatic carbocycles. The Bertz CT molecular complexity index is 1080. The van der Waals surface area contributed by atoms with E-state index in [4.69, 9.17) is 9.47 Å². The van der Waals surface area contributed by atoms with Crippen molar-refractivity contribution in [2.75, 3.05) is 18.4 Å². The summed E-state index contributed by atoms with van der Waals surface area (Å²) < 4.78 is 33.7. The highest BCUT2D eigenvalue weighted by atomic mass is 32.2. The molecule has 28 heavy (non-hydrogen) atoms. The van der Waals surface area contributed by atoms with Crippen molar-refractivity contribution in [3.63, 3.8) is 0 Å². The van der Waals surface area contributed by atoms with E-state index in [9.17, 15) is 23.3 Å². The van der Waals surface area contributed by atoms with Gasteiger partial charge in [-0.15, -0.1) is 0 Å². The van der Waals surface area contributed by atoms with Crippen LogP contribution in [0, 0.1) is 10.1 Å². The molecule has 0 radical (unpaired) electrons. The highest BCUT2D eigenvalue weighted by Crippen LogP contribution is 2.33. The number of nitro benzene ring substituents is 1. The SMILES string of the molecule is CS(=O)(=O)c1cccc(NC(=O)/C=C/c2cc([N+](=O)[O-])cc3c2OCOC3)c1. The predicted octanol–water partition coefficient (Wildman–Crippen LogP) is 2.52. The molecule has 3 rings (SSSR count). The molecule has 0 aromatic heterocycles. The van der Waals surface area contributed by atoms with E-state index in [1.165, 1.54) is 42.5 Å². The molecule has 1 aliphatic heterocycles. The van der Waals surface area contributed by atoms with E-state index in [2.05, 4.69) is 5.32 Å². The Morgan fingerprint density at radius 1 is 1.29 bits per heavy atom. The van der Waals surface area contributed by atoms with Gasteiger partial charge in [-0.3, -0.25) is 14.9 Å². The maximum Gasteiger partial charge on any atom is 0.270 e. The number of hydrogen-bond donors (Lipinski definition) is 1. The monoisotopic (exact) mass is 404 g/mol. The first-order chi connectivity index (χ1) is 13.2. The average Bonchev–Trinajstić information content (AvgIpc) is 2.65. The second-order valence-electron chi connectivity index (χ2n) is 6.01. The lowest BCUT2D eigenvalue weighted by molar-refractivity contribution is -0.385. The highest BCUT2D eigenvalue weighted by Gasteiger charge is 2.19. The van der Waals surface area contributed by atoms with Crippen LogP contribution >= 0.6 is 0 Å². The Labute approximate surface area is 160 Å². The normalized spacial score (nSPS) is 13.6. The Hall–Kier alpha value is -3.24. The van der Waals surface area contributed by atoms with Crippen LogP contribution in [0.3, 0.4) is 0 Å². The first-order valence-corrected chi connectivity index (χ1v) is 9.94. The van der Waals surface area contributed by atoms with E-state index in [0.717, 1.165) is 6.26 Å². The van der Waals surface area contributed by atoms with Crippen molar-refractivity contribution in [3.05, 3.63) is 63.7 Å². The molecule has 2 aromatic carbocycles. The number of anilines is 1. The van der Waals surface area contributed by atoms with Crippen molar-refractivity contribution < 1.29 is 27.6 Å². The third-order valence-corrected chi connectivity index (χ3v) is 4.99. The van der Waals surface area contributed by atoms with Gasteiger partial charge in [-0.1, -0.05) is 6.07 Å². The first kappa shape index (κ1) is 19.5. The summed E-state index contributed by atoms with van der Waals surface area (Å²) >= 11 is 0. The molecule has 0 saturated carbocycles. The van der Waals surface area contributed by atoms with Gasteiger partial charge in [0, 0.05) is 41.3 Å². The maximum absolute atomic E-state index is 12.2. The molecule has 0 saturated heterocycles. The number of sulfone groups is 1. The Morgan fingerprint density at radius 2 is 2.07 bits per heavy atom. The maximum atomic E-state index is 12.2. The van der Waals surface area contributed by atoms with Crippen molar-refractivity contribution >= 4 is 33.2 Å². The van der Waals surface area contributed by atoms with Gasteiger partial charge >= 0.3 is 0 Å². The van der Waals surface area contributed by atoms with Crippen LogP contribution in [0.25, 0.3) is 6.08 Å². The number of nitrogens with one attached hydrogen (secondary N) is 1. The third-order valence-electron chi connectivity index (χ3n) is 3.88. The van der Waals surface area contributed by atoms with Crippen LogP contribution in [0.5, 0.6) is 5.75 Å². The van der Waals surface area contributed by atoms with Gasteiger partial charge in [0.1, 0.15) is 5.75 Å². The van der Waals surface area contributed by atoms with Gasteiger partial charge in [0.2, 0.25) is 5.91 Å². The van der Waals surface area contributed by atoms with Crippen LogP contribution in [0.4, 0.5) is 11.4 Å². The summed E-state index contributed by atoms with van der Waals surface area (Å²) in [5, 5.41) is 13.7. The molecule has 146 valence electrons. The Balaban J connectivity index is 1.83. The van der Waals surface area contributed by atoms with Gasteiger partial charge in [-0.25, -0.2) is 8.42 Å². The number of nitro groups is 1. The fourth-order valence-electron chi connectivity index (χ4n) is 2.61. The number of ether oxygens (including phenoxy) is 2. The zero-order valence-electron chi connectivity index (χ0n) is 14.7. The van der Waals surface area contributed by atoms with Crippen molar-refractivity contribution in [2.24, 2.45) is 0 Å². The van der Waals surface area contributed by atoms with Crippen molar-refractivity contribution in [2.45, 2.75) is 11.5 Å². The zero-order chi connectivity index (χ0) is 20.3. The standard InChI is InChI=1S/C18H16N2O7S/c1-28(24,25)16-4-2-3-14(9-16)19-17(21)6-5-12-7-15(20(22)23)8-13-10-26-11-27-18(12)13/h2-9H,10-11H2,1H3,(H,19,21)/b6-5+. The summed E-state index contributed by atoms with van der Waals surface area (Å²) in [5.74, 6) is -0.113. The van der Waals surface area contributed by atoms with Gasteiger partial charge in [0.05, 0.1) is 16.4 Å². The number of non-ortho nitro benzene ring substituents is 1. The van der Waals surface area contributed by atoms with Crippen LogP contribution in [-0.4, -0.2) is 32.3 Å². The lowest BCUT2D eigenvalue weighted by Crippen LogP contribution is -2.13. The lowest BCUT2D eigenvalue weighted by atomic mass is 10.1. The summed E-state index contributed by atoms with van der Waals surface area (Å²) in [7, 11) is -3.40. The minimum absolute atomic E-state index is 0.0101.